The topological polar surface area (TPSA) is 78.6 Å². The number of carbonyl (C=O) groups is 2. The Labute approximate surface area is 212 Å². The summed E-state index contributed by atoms with van der Waals surface area (Å²) in [6.07, 6.45) is 8.28. The molecule has 0 amide bonds. The van der Waals surface area contributed by atoms with E-state index in [-0.39, 0.29) is 34.6 Å². The van der Waals surface area contributed by atoms with E-state index in [4.69, 9.17) is 15.2 Å². The van der Waals surface area contributed by atoms with Crippen LogP contribution in [0.25, 0.3) is 0 Å². The van der Waals surface area contributed by atoms with Gasteiger partial charge in [-0.2, -0.15) is 0 Å². The SMILES string of the molecule is CCCCCCC(C)(C)c1cc(OC(=O)C(C)(C)CCN)c2c(c1)OC(C)(C)[C@@H]1CCC(=O)C[C@@H]21. The highest BCUT2D eigenvalue weighted by molar-refractivity contribution is 5.82. The molecule has 1 saturated carbocycles. The van der Waals surface area contributed by atoms with Crippen molar-refractivity contribution >= 4 is 11.8 Å². The molecule has 5 nitrogen and oxygen atoms in total. The van der Waals surface area contributed by atoms with E-state index in [1.54, 1.807) is 0 Å². The highest BCUT2D eigenvalue weighted by atomic mass is 16.5. The van der Waals surface area contributed by atoms with E-state index in [0.717, 1.165) is 36.1 Å². The summed E-state index contributed by atoms with van der Waals surface area (Å²) < 4.78 is 12.8. The molecule has 1 aliphatic heterocycles. The first-order chi connectivity index (χ1) is 16.3. The van der Waals surface area contributed by atoms with Crippen LogP contribution < -0.4 is 15.2 Å². The number of hydrogen-bond donors (Lipinski definition) is 1. The fourth-order valence-electron chi connectivity index (χ4n) is 5.87. The van der Waals surface area contributed by atoms with Gasteiger partial charge >= 0.3 is 5.97 Å². The quantitative estimate of drug-likeness (QED) is 0.223. The average Bonchev–Trinajstić information content (AvgIpc) is 2.75. The maximum absolute atomic E-state index is 13.3. The number of nitrogens with two attached hydrogens (primary N) is 1. The summed E-state index contributed by atoms with van der Waals surface area (Å²) in [7, 11) is 0. The van der Waals surface area contributed by atoms with E-state index >= 15 is 0 Å². The van der Waals surface area contributed by atoms with Gasteiger partial charge in [0.2, 0.25) is 0 Å². The van der Waals surface area contributed by atoms with Gasteiger partial charge in [-0.05, 0) is 76.6 Å². The minimum Gasteiger partial charge on any atom is -0.487 e. The highest BCUT2D eigenvalue weighted by Gasteiger charge is 2.48. The van der Waals surface area contributed by atoms with Crippen LogP contribution >= 0.6 is 0 Å². The van der Waals surface area contributed by atoms with E-state index in [1.807, 2.05) is 19.9 Å². The van der Waals surface area contributed by atoms with Crippen LogP contribution in [0.3, 0.4) is 0 Å². The molecule has 2 aliphatic rings. The van der Waals surface area contributed by atoms with Gasteiger partial charge < -0.3 is 15.2 Å². The van der Waals surface area contributed by atoms with E-state index in [9.17, 15) is 9.59 Å². The second kappa shape index (κ2) is 10.6. The predicted molar refractivity (Wildman–Crippen MR) is 141 cm³/mol. The van der Waals surface area contributed by atoms with Gasteiger partial charge in [0.25, 0.3) is 0 Å². The average molecular weight is 486 g/mol. The van der Waals surface area contributed by atoms with Crippen molar-refractivity contribution in [2.45, 2.75) is 123 Å². The second-order valence-electron chi connectivity index (χ2n) is 12.6. The molecule has 2 atom stereocenters. The van der Waals surface area contributed by atoms with Crippen molar-refractivity contribution < 1.29 is 19.1 Å². The van der Waals surface area contributed by atoms with Crippen LogP contribution in [0, 0.1) is 11.3 Å². The van der Waals surface area contributed by atoms with Crippen molar-refractivity contribution in [2.24, 2.45) is 17.1 Å². The van der Waals surface area contributed by atoms with Gasteiger partial charge in [0.15, 0.2) is 0 Å². The van der Waals surface area contributed by atoms with Crippen molar-refractivity contribution in [3.8, 4) is 11.5 Å². The zero-order valence-electron chi connectivity index (χ0n) is 23.1. The molecule has 0 saturated heterocycles. The summed E-state index contributed by atoms with van der Waals surface area (Å²) in [5.41, 5.74) is 6.61. The molecular formula is C30H47NO4. The van der Waals surface area contributed by atoms with Crippen molar-refractivity contribution in [3.05, 3.63) is 23.3 Å². The maximum atomic E-state index is 13.3. The molecule has 5 heteroatoms. The van der Waals surface area contributed by atoms with E-state index in [0.29, 0.717) is 31.6 Å². The Morgan fingerprint density at radius 1 is 1.14 bits per heavy atom. The molecule has 3 rings (SSSR count). The summed E-state index contributed by atoms with van der Waals surface area (Å²) in [5, 5.41) is 0. The van der Waals surface area contributed by atoms with Gasteiger partial charge in [-0.25, -0.2) is 0 Å². The van der Waals surface area contributed by atoms with Gasteiger partial charge in [-0.15, -0.1) is 0 Å². The maximum Gasteiger partial charge on any atom is 0.316 e. The smallest absolute Gasteiger partial charge is 0.316 e. The summed E-state index contributed by atoms with van der Waals surface area (Å²) in [5.74, 6) is 1.52. The number of Topliss-reactive ketones (excluding diaryl/α,β-unsaturated/α-hetero) is 1. The Kier molecular flexibility index (Phi) is 8.41. The van der Waals surface area contributed by atoms with Crippen LogP contribution in [-0.4, -0.2) is 23.9 Å². The third kappa shape index (κ3) is 6.10. The lowest BCUT2D eigenvalue weighted by molar-refractivity contribution is -0.144. The number of ether oxygens (including phenoxy) is 2. The second-order valence-corrected chi connectivity index (χ2v) is 12.6. The first-order valence-electron chi connectivity index (χ1n) is 13.6. The van der Waals surface area contributed by atoms with E-state index in [1.165, 1.54) is 19.3 Å². The molecule has 1 fully saturated rings. The number of carbonyl (C=O) groups excluding carboxylic acids is 2. The monoisotopic (exact) mass is 485 g/mol. The Bertz CT molecular complexity index is 931. The van der Waals surface area contributed by atoms with Gasteiger partial charge in [0.05, 0.1) is 5.41 Å². The number of hydrogen-bond acceptors (Lipinski definition) is 5. The van der Waals surface area contributed by atoms with Crippen molar-refractivity contribution in [3.63, 3.8) is 0 Å². The van der Waals surface area contributed by atoms with Crippen LogP contribution in [0.5, 0.6) is 11.5 Å². The Morgan fingerprint density at radius 2 is 1.86 bits per heavy atom. The third-order valence-electron chi connectivity index (χ3n) is 8.37. The molecule has 1 aromatic rings. The van der Waals surface area contributed by atoms with Crippen LogP contribution in [0.4, 0.5) is 0 Å². The predicted octanol–water partition coefficient (Wildman–Crippen LogP) is 6.84. The van der Waals surface area contributed by atoms with E-state index < -0.39 is 5.41 Å². The van der Waals surface area contributed by atoms with Crippen molar-refractivity contribution in [2.75, 3.05) is 6.54 Å². The normalized spacial score (nSPS) is 21.7. The van der Waals surface area contributed by atoms with Crippen LogP contribution in [-0.2, 0) is 15.0 Å². The zero-order chi connectivity index (χ0) is 26.0. The zero-order valence-corrected chi connectivity index (χ0v) is 23.1. The Balaban J connectivity index is 2.08. The highest BCUT2D eigenvalue weighted by Crippen LogP contribution is 2.55. The van der Waals surface area contributed by atoms with E-state index in [2.05, 4.69) is 40.7 Å². The lowest BCUT2D eigenvalue weighted by atomic mass is 9.66. The van der Waals surface area contributed by atoms with Crippen molar-refractivity contribution in [1.29, 1.82) is 0 Å². The molecule has 0 unspecified atom stereocenters. The van der Waals surface area contributed by atoms with Crippen molar-refractivity contribution in [1.82, 2.24) is 0 Å². The number of unbranched alkanes of at least 4 members (excludes halogenated alkanes) is 3. The number of ketones is 1. The van der Waals surface area contributed by atoms with Gasteiger partial charge in [0, 0.05) is 30.2 Å². The standard InChI is InChI=1S/C30H47NO4/c1-8-9-10-11-14-28(2,3)20-17-24(34-27(33)29(4,5)15-16-31)26-22-19-21(32)12-13-23(22)30(6,7)35-25(26)18-20/h17-18,22-23H,8-16,19,31H2,1-7H3/t22-,23-/m1/s1. The molecule has 2 N–H and O–H groups in total. The lowest BCUT2D eigenvalue weighted by Crippen LogP contribution is -2.47. The first-order valence-corrected chi connectivity index (χ1v) is 13.6. The van der Waals surface area contributed by atoms with Crippen LogP contribution in [0.2, 0.25) is 0 Å². The molecule has 1 heterocycles. The number of fused-ring (bicyclic) bond motifs is 3. The summed E-state index contributed by atoms with van der Waals surface area (Å²) in [6, 6.07) is 4.20. The molecule has 196 valence electrons. The number of esters is 1. The van der Waals surface area contributed by atoms with Gasteiger partial charge in [0.1, 0.15) is 22.9 Å². The molecule has 35 heavy (non-hydrogen) atoms. The minimum absolute atomic E-state index is 0.00265. The largest absolute Gasteiger partial charge is 0.487 e. The lowest BCUT2D eigenvalue weighted by Gasteiger charge is -2.47. The molecule has 0 spiro atoms. The third-order valence-corrected chi connectivity index (χ3v) is 8.37. The molecule has 1 aromatic carbocycles. The fourth-order valence-corrected chi connectivity index (χ4v) is 5.87. The minimum atomic E-state index is -0.691. The Hall–Kier alpha value is -1.88. The molecule has 0 aromatic heterocycles. The first kappa shape index (κ1) is 27.7. The number of rotatable bonds is 10. The summed E-state index contributed by atoms with van der Waals surface area (Å²) >= 11 is 0. The summed E-state index contributed by atoms with van der Waals surface area (Å²) in [6.45, 7) is 15.2. The molecular weight excluding hydrogens is 438 g/mol. The fraction of sp³-hybridized carbons (Fsp3) is 0.733. The van der Waals surface area contributed by atoms with Gasteiger partial charge in [-0.3, -0.25) is 9.59 Å². The molecule has 0 bridgehead atoms. The molecule has 1 aliphatic carbocycles. The van der Waals surface area contributed by atoms with Crippen LogP contribution in [0.15, 0.2) is 12.1 Å². The van der Waals surface area contributed by atoms with Gasteiger partial charge in [-0.1, -0.05) is 46.5 Å². The molecule has 0 radical (unpaired) electrons. The summed E-state index contributed by atoms with van der Waals surface area (Å²) in [4.78, 5) is 25.8. The number of benzene rings is 1. The Morgan fingerprint density at radius 3 is 2.51 bits per heavy atom. The van der Waals surface area contributed by atoms with Crippen LogP contribution in [0.1, 0.15) is 123 Å².